The van der Waals surface area contributed by atoms with Crippen molar-refractivity contribution in [2.45, 2.75) is 30.2 Å². The monoisotopic (exact) mass is 616 g/mol. The van der Waals surface area contributed by atoms with E-state index in [0.29, 0.717) is 17.2 Å². The summed E-state index contributed by atoms with van der Waals surface area (Å²) in [4.78, 5) is 28.3. The summed E-state index contributed by atoms with van der Waals surface area (Å²) in [7, 11) is -2.30. The summed E-state index contributed by atoms with van der Waals surface area (Å²) in [5.41, 5.74) is 0.859. The lowest BCUT2D eigenvalue weighted by Crippen LogP contribution is -2.50. The highest BCUT2D eigenvalue weighted by Gasteiger charge is 2.36. The van der Waals surface area contributed by atoms with Crippen molar-refractivity contribution in [3.8, 4) is 17.2 Å². The fraction of sp³-hybridized carbons (Fsp3) is 0.357. The molecule has 3 amide bonds. The third-order valence-electron chi connectivity index (χ3n) is 7.17. The maximum Gasteiger partial charge on any atom is 0.323 e. The molecule has 2 aliphatic heterocycles. The largest absolute Gasteiger partial charge is 0.486 e. The quantitative estimate of drug-likeness (QED) is 0.348. The number of benzene rings is 2. The first kappa shape index (κ1) is 29.6. The minimum absolute atomic E-state index is 0.0197. The first-order valence-corrected chi connectivity index (χ1v) is 15.6. The molecule has 3 N–H and O–H groups in total. The summed E-state index contributed by atoms with van der Waals surface area (Å²) in [6, 6.07) is 11.9. The third-order valence-corrected chi connectivity index (χ3v) is 10.4. The van der Waals surface area contributed by atoms with E-state index < -0.39 is 28.2 Å². The van der Waals surface area contributed by atoms with E-state index in [0.717, 1.165) is 11.3 Å². The number of carbonyl (C=O) groups excluding carboxylic acids is 2. The fourth-order valence-electron chi connectivity index (χ4n) is 4.73. The standard InChI is InChI=1S/C28H32N4O8S2/c1-17-13-32(18(2)15-33)27(34)20-6-4-7-21(30-28(35)29-19-9-10-22-23(12-19)39-16-38-22)26(20)40-24(17)14-31(3)42(36,37)25-8-5-11-41-25/h4-12,17-18,24,33H,13-16H2,1-3H3,(H2,29,30,35)/t17-,18-,24+/m0/s1. The van der Waals surface area contributed by atoms with Crippen LogP contribution >= 0.6 is 11.3 Å². The smallest absolute Gasteiger partial charge is 0.323 e. The molecule has 0 fully saturated rings. The molecule has 0 saturated carbocycles. The van der Waals surface area contributed by atoms with Crippen molar-refractivity contribution in [3.63, 3.8) is 0 Å². The molecule has 3 aromatic rings. The average Bonchev–Trinajstić information content (AvgIpc) is 3.67. The molecule has 0 radical (unpaired) electrons. The Hall–Kier alpha value is -3.85. The molecule has 0 aliphatic carbocycles. The van der Waals surface area contributed by atoms with Crippen LogP contribution in [-0.2, 0) is 10.0 Å². The Morgan fingerprint density at radius 2 is 1.95 bits per heavy atom. The van der Waals surface area contributed by atoms with Crippen molar-refractivity contribution in [2.75, 3.05) is 44.2 Å². The van der Waals surface area contributed by atoms with Gasteiger partial charge in [-0.2, -0.15) is 4.31 Å². The van der Waals surface area contributed by atoms with E-state index in [2.05, 4.69) is 10.6 Å². The maximum absolute atomic E-state index is 13.7. The Bertz CT molecular complexity index is 1560. The zero-order valence-corrected chi connectivity index (χ0v) is 24.9. The number of nitrogens with zero attached hydrogens (tertiary/aromatic N) is 2. The Morgan fingerprint density at radius 1 is 1.17 bits per heavy atom. The number of fused-ring (bicyclic) bond motifs is 2. The van der Waals surface area contributed by atoms with Gasteiger partial charge >= 0.3 is 6.03 Å². The minimum Gasteiger partial charge on any atom is -0.486 e. The normalized spacial score (nSPS) is 19.0. The van der Waals surface area contributed by atoms with Crippen molar-refractivity contribution >= 4 is 44.7 Å². The first-order valence-electron chi connectivity index (χ1n) is 13.3. The van der Waals surface area contributed by atoms with Crippen LogP contribution in [0, 0.1) is 5.92 Å². The van der Waals surface area contributed by atoms with Crippen molar-refractivity contribution < 1.29 is 37.3 Å². The van der Waals surface area contributed by atoms with Crippen LogP contribution in [0.3, 0.4) is 0 Å². The number of sulfonamides is 1. The molecule has 0 spiro atoms. The Kier molecular flexibility index (Phi) is 8.59. The molecule has 3 heterocycles. The lowest BCUT2D eigenvalue weighted by atomic mass is 9.99. The summed E-state index contributed by atoms with van der Waals surface area (Å²) in [6.07, 6.45) is -0.704. The number of ether oxygens (including phenoxy) is 3. The Morgan fingerprint density at radius 3 is 2.69 bits per heavy atom. The van der Waals surface area contributed by atoms with Gasteiger partial charge in [0.05, 0.1) is 30.4 Å². The molecule has 0 saturated heterocycles. The number of urea groups is 1. The number of para-hydroxylation sites is 1. The van der Waals surface area contributed by atoms with Gasteiger partial charge in [0.15, 0.2) is 17.2 Å². The SMILES string of the molecule is C[C@H]1CN([C@@H](C)CO)C(=O)c2cccc(NC(=O)Nc3ccc4c(c3)OCO4)c2O[C@@H]1CN(C)S(=O)(=O)c1cccs1. The molecule has 0 bridgehead atoms. The van der Waals surface area contributed by atoms with E-state index in [1.165, 1.54) is 11.4 Å². The summed E-state index contributed by atoms with van der Waals surface area (Å²) >= 11 is 1.12. The van der Waals surface area contributed by atoms with Crippen molar-refractivity contribution in [1.29, 1.82) is 0 Å². The van der Waals surface area contributed by atoms with Gasteiger partial charge in [-0.3, -0.25) is 4.79 Å². The molecule has 42 heavy (non-hydrogen) atoms. The Balaban J connectivity index is 1.45. The average molecular weight is 617 g/mol. The van der Waals surface area contributed by atoms with Gasteiger partial charge in [-0.25, -0.2) is 13.2 Å². The fourth-order valence-corrected chi connectivity index (χ4v) is 7.12. The van der Waals surface area contributed by atoms with Gasteiger partial charge in [-0.05, 0) is 42.6 Å². The topological polar surface area (TPSA) is 147 Å². The molecule has 2 aromatic carbocycles. The minimum atomic E-state index is -3.78. The van der Waals surface area contributed by atoms with Crippen molar-refractivity contribution in [2.24, 2.45) is 5.92 Å². The van der Waals surface area contributed by atoms with E-state index in [1.54, 1.807) is 65.7 Å². The zero-order valence-electron chi connectivity index (χ0n) is 23.3. The summed E-state index contributed by atoms with van der Waals surface area (Å²) in [6.45, 7) is 3.63. The van der Waals surface area contributed by atoms with Gasteiger partial charge in [-0.15, -0.1) is 11.3 Å². The van der Waals surface area contributed by atoms with Crippen LogP contribution in [0.5, 0.6) is 17.2 Å². The number of aliphatic hydroxyl groups is 1. The van der Waals surface area contributed by atoms with Crippen LogP contribution in [0.25, 0.3) is 0 Å². The number of carbonyl (C=O) groups is 2. The van der Waals surface area contributed by atoms with Gasteiger partial charge in [0, 0.05) is 31.3 Å². The van der Waals surface area contributed by atoms with E-state index >= 15 is 0 Å². The highest BCUT2D eigenvalue weighted by molar-refractivity contribution is 7.91. The number of hydrogen-bond acceptors (Lipinski definition) is 9. The van der Waals surface area contributed by atoms with Gasteiger partial charge in [-0.1, -0.05) is 19.1 Å². The molecule has 224 valence electrons. The summed E-state index contributed by atoms with van der Waals surface area (Å²) in [5, 5.41) is 17.1. The summed E-state index contributed by atoms with van der Waals surface area (Å²) < 4.78 is 44.9. The molecular weight excluding hydrogens is 584 g/mol. The highest BCUT2D eigenvalue weighted by Crippen LogP contribution is 2.37. The second kappa shape index (κ2) is 12.2. The number of hydrogen-bond donors (Lipinski definition) is 3. The lowest BCUT2D eigenvalue weighted by molar-refractivity contribution is 0.0389. The van der Waals surface area contributed by atoms with E-state index in [-0.39, 0.29) is 59.5 Å². The van der Waals surface area contributed by atoms with Crippen LogP contribution in [0.1, 0.15) is 24.2 Å². The summed E-state index contributed by atoms with van der Waals surface area (Å²) in [5.74, 6) is 0.467. The van der Waals surface area contributed by atoms with Crippen molar-refractivity contribution in [3.05, 3.63) is 59.5 Å². The maximum atomic E-state index is 13.7. The number of nitrogens with one attached hydrogen (secondary N) is 2. The molecular formula is C28H32N4O8S2. The number of amides is 3. The van der Waals surface area contributed by atoms with Gasteiger partial charge < -0.3 is 34.9 Å². The molecule has 3 atom stereocenters. The molecule has 1 aromatic heterocycles. The lowest BCUT2D eigenvalue weighted by Gasteiger charge is -2.38. The third kappa shape index (κ3) is 6.02. The predicted molar refractivity (Wildman–Crippen MR) is 157 cm³/mol. The van der Waals surface area contributed by atoms with E-state index in [4.69, 9.17) is 14.2 Å². The van der Waals surface area contributed by atoms with E-state index in [1.807, 2.05) is 6.92 Å². The van der Waals surface area contributed by atoms with Crippen LogP contribution in [0.2, 0.25) is 0 Å². The zero-order chi connectivity index (χ0) is 30.0. The number of likely N-dealkylation sites (N-methyl/N-ethyl adjacent to an activating group) is 1. The molecule has 0 unspecified atom stereocenters. The first-order chi connectivity index (χ1) is 20.1. The molecule has 5 rings (SSSR count). The molecule has 2 aliphatic rings. The van der Waals surface area contributed by atoms with Crippen LogP contribution in [0.4, 0.5) is 16.2 Å². The Labute approximate surface area is 247 Å². The van der Waals surface area contributed by atoms with Crippen molar-refractivity contribution in [1.82, 2.24) is 9.21 Å². The van der Waals surface area contributed by atoms with E-state index in [9.17, 15) is 23.1 Å². The van der Waals surface area contributed by atoms with Crippen LogP contribution in [-0.4, -0.2) is 80.4 Å². The van der Waals surface area contributed by atoms with Crippen LogP contribution in [0.15, 0.2) is 58.1 Å². The molecule has 12 nitrogen and oxygen atoms in total. The second-order valence-corrected chi connectivity index (χ2v) is 13.4. The second-order valence-electron chi connectivity index (χ2n) is 10.2. The highest BCUT2D eigenvalue weighted by atomic mass is 32.2. The van der Waals surface area contributed by atoms with Crippen LogP contribution < -0.4 is 24.8 Å². The van der Waals surface area contributed by atoms with Gasteiger partial charge in [0.1, 0.15) is 10.3 Å². The number of rotatable bonds is 8. The number of thiophene rings is 1. The van der Waals surface area contributed by atoms with Gasteiger partial charge in [0.2, 0.25) is 6.79 Å². The predicted octanol–water partition coefficient (Wildman–Crippen LogP) is 3.66. The number of aliphatic hydroxyl groups excluding tert-OH is 1. The number of anilines is 2. The molecule has 14 heteroatoms. The van der Waals surface area contributed by atoms with Gasteiger partial charge in [0.25, 0.3) is 15.9 Å².